The Labute approximate surface area is 116 Å². The van der Waals surface area contributed by atoms with E-state index in [0.29, 0.717) is 12.4 Å². The second-order valence-corrected chi connectivity index (χ2v) is 4.94. The molecular formula is C14H18F3N3. The van der Waals surface area contributed by atoms with Crippen molar-refractivity contribution >= 4 is 11.5 Å². The summed E-state index contributed by atoms with van der Waals surface area (Å²) in [7, 11) is 0. The molecule has 3 nitrogen and oxygen atoms in total. The van der Waals surface area contributed by atoms with Crippen LogP contribution in [0.15, 0.2) is 23.9 Å². The molecule has 1 aromatic rings. The smallest absolute Gasteiger partial charge is 0.396 e. The zero-order valence-corrected chi connectivity index (χ0v) is 11.1. The number of nitrogen functional groups attached to an aromatic ring is 1. The molecule has 1 aliphatic rings. The first-order valence-electron chi connectivity index (χ1n) is 6.71. The highest BCUT2D eigenvalue weighted by molar-refractivity contribution is 5.62. The average Bonchev–Trinajstić information content (AvgIpc) is 2.40. The molecule has 20 heavy (non-hydrogen) atoms. The Bertz CT molecular complexity index is 495. The maximum absolute atomic E-state index is 12.5. The van der Waals surface area contributed by atoms with Crippen molar-refractivity contribution in [2.24, 2.45) is 0 Å². The summed E-state index contributed by atoms with van der Waals surface area (Å²) in [5, 5.41) is 2.99. The zero-order chi connectivity index (χ0) is 14.6. The van der Waals surface area contributed by atoms with Crippen molar-refractivity contribution in [1.82, 2.24) is 4.98 Å². The van der Waals surface area contributed by atoms with Crippen LogP contribution in [0.25, 0.3) is 0 Å². The summed E-state index contributed by atoms with van der Waals surface area (Å²) in [5.41, 5.74) is 6.20. The molecule has 0 bridgehead atoms. The summed E-state index contributed by atoms with van der Waals surface area (Å²) in [6.45, 7) is 0.633. The molecule has 110 valence electrons. The lowest BCUT2D eigenvalue weighted by Crippen LogP contribution is -2.11. The molecule has 0 saturated carbocycles. The lowest BCUT2D eigenvalue weighted by molar-refractivity contribution is -0.137. The van der Waals surface area contributed by atoms with Gasteiger partial charge in [-0.25, -0.2) is 4.98 Å². The fourth-order valence-corrected chi connectivity index (χ4v) is 2.26. The standard InChI is InChI=1S/C14H18F3N3/c15-14(16,17)11-8-12(18)13(20-9-11)19-7-6-10-4-2-1-3-5-10/h4,8-9H,1-3,5-7,18H2,(H,19,20). The quantitative estimate of drug-likeness (QED) is 0.822. The van der Waals surface area contributed by atoms with Crippen LogP contribution < -0.4 is 11.1 Å². The second kappa shape index (κ2) is 6.15. The fraction of sp³-hybridized carbons (Fsp3) is 0.500. The minimum Gasteiger partial charge on any atom is -0.396 e. The lowest BCUT2D eigenvalue weighted by atomic mass is 9.97. The summed E-state index contributed by atoms with van der Waals surface area (Å²) in [6.07, 6.45) is 4.20. The van der Waals surface area contributed by atoms with Crippen molar-refractivity contribution in [3.63, 3.8) is 0 Å². The Morgan fingerprint density at radius 1 is 1.30 bits per heavy atom. The van der Waals surface area contributed by atoms with E-state index < -0.39 is 11.7 Å². The van der Waals surface area contributed by atoms with Gasteiger partial charge in [-0.15, -0.1) is 0 Å². The van der Waals surface area contributed by atoms with Gasteiger partial charge in [0.1, 0.15) is 5.82 Å². The van der Waals surface area contributed by atoms with E-state index in [9.17, 15) is 13.2 Å². The minimum absolute atomic E-state index is 0.0254. The molecule has 3 N–H and O–H groups in total. The van der Waals surface area contributed by atoms with Crippen LogP contribution in [0.2, 0.25) is 0 Å². The number of hydrogen-bond donors (Lipinski definition) is 2. The van der Waals surface area contributed by atoms with Crippen LogP contribution in [0.1, 0.15) is 37.7 Å². The van der Waals surface area contributed by atoms with Crippen molar-refractivity contribution in [3.05, 3.63) is 29.5 Å². The summed E-state index contributed by atoms with van der Waals surface area (Å²) >= 11 is 0. The monoisotopic (exact) mass is 285 g/mol. The van der Waals surface area contributed by atoms with E-state index in [1.807, 2.05) is 0 Å². The molecule has 0 unspecified atom stereocenters. The van der Waals surface area contributed by atoms with Gasteiger partial charge in [-0.3, -0.25) is 0 Å². The fourth-order valence-electron chi connectivity index (χ4n) is 2.26. The molecule has 0 amide bonds. The number of rotatable bonds is 4. The van der Waals surface area contributed by atoms with Gasteiger partial charge in [0.15, 0.2) is 0 Å². The molecule has 0 aliphatic heterocycles. The number of anilines is 2. The molecule has 0 fully saturated rings. The maximum atomic E-state index is 12.5. The van der Waals surface area contributed by atoms with Gasteiger partial charge < -0.3 is 11.1 Å². The number of allylic oxidation sites excluding steroid dienone is 1. The number of nitrogens with two attached hydrogens (primary N) is 1. The van der Waals surface area contributed by atoms with E-state index in [1.54, 1.807) is 0 Å². The molecule has 0 spiro atoms. The van der Waals surface area contributed by atoms with Crippen molar-refractivity contribution in [2.45, 2.75) is 38.3 Å². The van der Waals surface area contributed by atoms with E-state index >= 15 is 0 Å². The van der Waals surface area contributed by atoms with E-state index in [-0.39, 0.29) is 5.69 Å². The van der Waals surface area contributed by atoms with Crippen LogP contribution in [-0.2, 0) is 6.18 Å². The van der Waals surface area contributed by atoms with Crippen LogP contribution >= 0.6 is 0 Å². The highest BCUT2D eigenvalue weighted by Gasteiger charge is 2.31. The van der Waals surface area contributed by atoms with Crippen molar-refractivity contribution < 1.29 is 13.2 Å². The topological polar surface area (TPSA) is 50.9 Å². The number of hydrogen-bond acceptors (Lipinski definition) is 3. The Balaban J connectivity index is 1.91. The first kappa shape index (κ1) is 14.7. The number of pyridine rings is 1. The summed E-state index contributed by atoms with van der Waals surface area (Å²) < 4.78 is 37.4. The highest BCUT2D eigenvalue weighted by atomic mass is 19.4. The van der Waals surface area contributed by atoms with Crippen LogP contribution in [0.3, 0.4) is 0 Å². The summed E-state index contributed by atoms with van der Waals surface area (Å²) in [6, 6.07) is 0.912. The normalized spacial score (nSPS) is 15.8. The molecule has 0 saturated heterocycles. The summed E-state index contributed by atoms with van der Waals surface area (Å²) in [4.78, 5) is 3.75. The van der Waals surface area contributed by atoms with Gasteiger partial charge in [-0.2, -0.15) is 13.2 Å². The number of nitrogens with zero attached hydrogens (tertiary/aromatic N) is 1. The van der Waals surface area contributed by atoms with Gasteiger partial charge in [-0.05, 0) is 38.2 Å². The Morgan fingerprint density at radius 3 is 2.70 bits per heavy atom. The van der Waals surface area contributed by atoms with E-state index in [2.05, 4.69) is 16.4 Å². The highest BCUT2D eigenvalue weighted by Crippen LogP contribution is 2.31. The van der Waals surface area contributed by atoms with E-state index in [0.717, 1.165) is 31.5 Å². The molecular weight excluding hydrogens is 267 g/mol. The van der Waals surface area contributed by atoms with Gasteiger partial charge in [-0.1, -0.05) is 11.6 Å². The predicted octanol–water partition coefficient (Wildman–Crippen LogP) is 3.99. The molecule has 1 aromatic heterocycles. The van der Waals surface area contributed by atoms with Crippen LogP contribution in [0.5, 0.6) is 0 Å². The van der Waals surface area contributed by atoms with Crippen molar-refractivity contribution in [3.8, 4) is 0 Å². The van der Waals surface area contributed by atoms with Crippen LogP contribution in [-0.4, -0.2) is 11.5 Å². The molecule has 1 heterocycles. The minimum atomic E-state index is -4.41. The molecule has 6 heteroatoms. The molecule has 1 aliphatic carbocycles. The van der Waals surface area contributed by atoms with Gasteiger partial charge in [0.05, 0.1) is 11.3 Å². The first-order chi connectivity index (χ1) is 9.47. The van der Waals surface area contributed by atoms with E-state index in [4.69, 9.17) is 5.73 Å². The number of halogens is 3. The predicted molar refractivity (Wildman–Crippen MR) is 73.3 cm³/mol. The SMILES string of the molecule is Nc1cc(C(F)(F)F)cnc1NCCC1=CCCCC1. The third-order valence-corrected chi connectivity index (χ3v) is 3.37. The lowest BCUT2D eigenvalue weighted by Gasteiger charge is -2.14. The Kier molecular flexibility index (Phi) is 4.52. The Morgan fingerprint density at radius 2 is 2.10 bits per heavy atom. The Hall–Kier alpha value is -1.72. The number of nitrogens with one attached hydrogen (secondary N) is 1. The van der Waals surface area contributed by atoms with Crippen LogP contribution in [0.4, 0.5) is 24.7 Å². The second-order valence-electron chi connectivity index (χ2n) is 4.94. The van der Waals surface area contributed by atoms with E-state index in [1.165, 1.54) is 18.4 Å². The van der Waals surface area contributed by atoms with Crippen LogP contribution in [0, 0.1) is 0 Å². The maximum Gasteiger partial charge on any atom is 0.417 e. The molecule has 0 radical (unpaired) electrons. The average molecular weight is 285 g/mol. The van der Waals surface area contributed by atoms with Gasteiger partial charge >= 0.3 is 6.18 Å². The number of alkyl halides is 3. The third-order valence-electron chi connectivity index (χ3n) is 3.37. The zero-order valence-electron chi connectivity index (χ0n) is 11.1. The molecule has 2 rings (SSSR count). The largest absolute Gasteiger partial charge is 0.417 e. The van der Waals surface area contributed by atoms with Gasteiger partial charge in [0.2, 0.25) is 0 Å². The van der Waals surface area contributed by atoms with Gasteiger partial charge in [0.25, 0.3) is 0 Å². The first-order valence-corrected chi connectivity index (χ1v) is 6.71. The van der Waals surface area contributed by atoms with Gasteiger partial charge in [0, 0.05) is 12.7 Å². The summed E-state index contributed by atoms with van der Waals surface area (Å²) in [5.74, 6) is 0.314. The van der Waals surface area contributed by atoms with Crippen molar-refractivity contribution in [1.29, 1.82) is 0 Å². The third kappa shape index (κ3) is 3.88. The van der Waals surface area contributed by atoms with Crippen molar-refractivity contribution in [2.75, 3.05) is 17.6 Å². The molecule has 0 atom stereocenters. The number of aromatic nitrogens is 1. The molecule has 0 aromatic carbocycles.